The lowest BCUT2D eigenvalue weighted by Gasteiger charge is -2.68. The maximum atomic E-state index is 16.7. The van der Waals surface area contributed by atoms with Crippen LogP contribution in [0.3, 0.4) is 0 Å². The minimum atomic E-state index is -3.06. The summed E-state index contributed by atoms with van der Waals surface area (Å²) in [6.45, 7) is 33.1. The van der Waals surface area contributed by atoms with Gasteiger partial charge in [0.05, 0.1) is 36.0 Å². The van der Waals surface area contributed by atoms with Gasteiger partial charge in [0.2, 0.25) is 8.32 Å². The van der Waals surface area contributed by atoms with Crippen LogP contribution in [-0.4, -0.2) is 118 Å². The number of nitrogens with one attached hydrogen (secondary N) is 1. The number of ether oxygens (including phenoxy) is 6. The second kappa shape index (κ2) is 23.9. The van der Waals surface area contributed by atoms with Crippen molar-refractivity contribution < 1.29 is 71.1 Å². The normalized spacial score (nSPS) is 30.2. The third kappa shape index (κ3) is 11.6. The van der Waals surface area contributed by atoms with Crippen LogP contribution < -0.4 is 5.32 Å². The molecule has 2 N–H and O–H groups in total. The van der Waals surface area contributed by atoms with E-state index in [9.17, 15) is 19.5 Å². The van der Waals surface area contributed by atoms with Gasteiger partial charge in [-0.15, -0.1) is 0 Å². The Balaban J connectivity index is 1.67. The first-order chi connectivity index (χ1) is 36.3. The number of fused-ring (bicyclic) bond motifs is 5. The highest BCUT2D eigenvalue weighted by Crippen LogP contribution is 2.65. The molecule has 1 heterocycles. The fourth-order valence-electron chi connectivity index (χ4n) is 14.8. The van der Waals surface area contributed by atoms with E-state index in [0.29, 0.717) is 42.1 Å². The Kier molecular flexibility index (Phi) is 19.4. The van der Waals surface area contributed by atoms with Gasteiger partial charge in [0.1, 0.15) is 29.5 Å². The number of ketones is 1. The molecule has 11 atom stereocenters. The van der Waals surface area contributed by atoms with Crippen molar-refractivity contribution in [3.63, 3.8) is 0 Å². The topological polar surface area (TPSA) is 209 Å². The molecule has 78 heavy (non-hydrogen) atoms. The van der Waals surface area contributed by atoms with E-state index in [-0.39, 0.29) is 35.2 Å². The molecular formula is C60H95NO15Si2. The minimum absolute atomic E-state index is 0.0335. The molecule has 1 aliphatic heterocycles. The second-order valence-corrected chi connectivity index (χ2v) is 36.0. The fourth-order valence-corrected chi connectivity index (χ4v) is 23.2. The Morgan fingerprint density at radius 3 is 1.90 bits per heavy atom. The molecule has 0 radical (unpaired) electrons. The van der Waals surface area contributed by atoms with E-state index in [0.717, 1.165) is 19.3 Å². The van der Waals surface area contributed by atoms with Gasteiger partial charge >= 0.3 is 30.0 Å². The van der Waals surface area contributed by atoms with Gasteiger partial charge in [-0.25, -0.2) is 9.59 Å². The Hall–Kier alpha value is -3.95. The summed E-state index contributed by atoms with van der Waals surface area (Å²) in [5.41, 5.74) is -7.27. The first-order valence-electron chi connectivity index (χ1n) is 29.0. The number of hydrogen-bond donors (Lipinski definition) is 2. The van der Waals surface area contributed by atoms with Crippen molar-refractivity contribution in [3.8, 4) is 0 Å². The van der Waals surface area contributed by atoms with Gasteiger partial charge in [-0.1, -0.05) is 126 Å². The average Bonchev–Trinajstić information content (AvgIpc) is 2.77. The monoisotopic (exact) mass is 1130 g/mol. The third-order valence-corrected chi connectivity index (χ3v) is 29.8. The standard InChI is InChI=1S/C60H95NO15Si2/c1-19-77(20-2,21-3)75-44-32-45-59(34-69-45,73-40(12)63)50-52(72-53(65)42-30-26-23-27-31-42)60(68)33-43(38(10)46(57(60,16)17)48(70-39(11)62)51(64)58(44,50)18)71-54(66)49(76-78(35(4)5,36(6)7)37(8)9)47(41-28-24-22-25-29-41)61-55(67)74-56(13,14)15/h22,24-25,28-29,35-37,42-45,47-50,52,68H,19-21,23,26-27,30-34H2,1-18H3,(H,61,67)/t43-,44-,45+,47-,48+,49+,50?,52?,58+,59-,60+/m0/s1. The van der Waals surface area contributed by atoms with Gasteiger partial charge in [-0.2, -0.15) is 0 Å². The SMILES string of the molecule is CC[Si](CC)(CC)O[C@H]1C[C@H]2OC[C@@]2(OC(C)=O)C2C(OC(=O)C3CCCCC3)[C@]3(O)C[C@H](OC(=O)[C@H](O[Si](C(C)C)(C(C)C)C(C)C)[C@@H](NC(=O)OC(C)(C)C)c4ccccc4)C(C)=C([C@@H](OC(C)=O)C(=O)[C@@]21C)C3(C)C. The maximum Gasteiger partial charge on any atom is 0.408 e. The summed E-state index contributed by atoms with van der Waals surface area (Å²) in [6.07, 6.45) is -5.48. The average molecular weight is 1130 g/mol. The molecule has 5 aliphatic rings. The van der Waals surface area contributed by atoms with Crippen molar-refractivity contribution in [3.05, 3.63) is 47.0 Å². The Labute approximate surface area is 467 Å². The largest absolute Gasteiger partial charge is 0.459 e. The van der Waals surface area contributed by atoms with E-state index in [2.05, 4.69) is 67.6 Å². The molecule has 18 heteroatoms. The molecule has 1 amide bonds. The van der Waals surface area contributed by atoms with Crippen LogP contribution in [0.25, 0.3) is 0 Å². The zero-order valence-electron chi connectivity index (χ0n) is 50.3. The summed E-state index contributed by atoms with van der Waals surface area (Å²) < 4.78 is 53.7. The molecule has 0 spiro atoms. The summed E-state index contributed by atoms with van der Waals surface area (Å²) >= 11 is 0. The number of hydrogen-bond acceptors (Lipinski definition) is 15. The Morgan fingerprint density at radius 2 is 1.41 bits per heavy atom. The molecule has 3 saturated carbocycles. The van der Waals surface area contributed by atoms with Gasteiger partial charge < -0.3 is 47.7 Å². The van der Waals surface area contributed by atoms with Gasteiger partial charge in [-0.3, -0.25) is 19.2 Å². The van der Waals surface area contributed by atoms with E-state index in [1.807, 2.05) is 6.07 Å². The Morgan fingerprint density at radius 1 is 0.833 bits per heavy atom. The summed E-state index contributed by atoms with van der Waals surface area (Å²) in [5.74, 6) is -5.40. The number of carbonyl (C=O) groups is 6. The quantitative estimate of drug-likeness (QED) is 0.0571. The lowest BCUT2D eigenvalue weighted by molar-refractivity contribution is -0.346. The van der Waals surface area contributed by atoms with Gasteiger partial charge in [0.25, 0.3) is 0 Å². The number of amides is 1. The minimum Gasteiger partial charge on any atom is -0.459 e. The number of benzene rings is 1. The number of Topliss-reactive ketones (excluding diaryl/α,β-unsaturated/α-hetero) is 1. The van der Waals surface area contributed by atoms with Crippen LogP contribution in [0.4, 0.5) is 4.79 Å². The summed E-state index contributed by atoms with van der Waals surface area (Å²) in [5, 5.41) is 17.5. The number of alkyl carbamates (subject to hydrolysis) is 1. The van der Waals surface area contributed by atoms with E-state index >= 15 is 14.4 Å². The molecule has 2 unspecified atom stereocenters. The van der Waals surface area contributed by atoms with Crippen LogP contribution in [-0.2, 0) is 61.2 Å². The first-order valence-corrected chi connectivity index (χ1v) is 33.7. The molecule has 4 aliphatic carbocycles. The van der Waals surface area contributed by atoms with Gasteiger partial charge in [0, 0.05) is 32.1 Å². The molecule has 1 aromatic rings. The summed E-state index contributed by atoms with van der Waals surface area (Å²) in [4.78, 5) is 89.1. The van der Waals surface area contributed by atoms with Crippen molar-refractivity contribution >= 4 is 52.4 Å². The Bertz CT molecular complexity index is 2360. The molecule has 6 rings (SSSR count). The lowest BCUT2D eigenvalue weighted by atomic mass is 9.44. The summed E-state index contributed by atoms with van der Waals surface area (Å²) in [7, 11) is -5.69. The highest BCUT2D eigenvalue weighted by molar-refractivity contribution is 6.77. The molecule has 1 aromatic carbocycles. The van der Waals surface area contributed by atoms with E-state index < -0.39 is 141 Å². The highest BCUT2D eigenvalue weighted by atomic mass is 28.4. The number of carbonyl (C=O) groups excluding carboxylic acids is 6. The number of esters is 4. The van der Waals surface area contributed by atoms with Gasteiger partial charge in [0.15, 0.2) is 31.9 Å². The number of rotatable bonds is 19. The fraction of sp³-hybridized carbons (Fsp3) is 0.767. The zero-order chi connectivity index (χ0) is 58.3. The van der Waals surface area contributed by atoms with Crippen molar-refractivity contribution in [2.24, 2.45) is 22.7 Å². The first kappa shape index (κ1) is 63.2. The molecule has 2 bridgehead atoms. The van der Waals surface area contributed by atoms with Crippen LogP contribution in [0.5, 0.6) is 0 Å². The molecule has 438 valence electrons. The molecule has 1 saturated heterocycles. The van der Waals surface area contributed by atoms with Crippen molar-refractivity contribution in [1.82, 2.24) is 5.32 Å². The van der Waals surface area contributed by atoms with E-state index in [1.54, 1.807) is 72.7 Å². The predicted molar refractivity (Wildman–Crippen MR) is 300 cm³/mol. The van der Waals surface area contributed by atoms with Gasteiger partial charge in [-0.05, 0) is 98.9 Å². The zero-order valence-corrected chi connectivity index (χ0v) is 52.3. The van der Waals surface area contributed by atoms with Crippen LogP contribution >= 0.6 is 0 Å². The predicted octanol–water partition coefficient (Wildman–Crippen LogP) is 11.3. The smallest absolute Gasteiger partial charge is 0.408 e. The molecule has 16 nitrogen and oxygen atoms in total. The van der Waals surface area contributed by atoms with Crippen LogP contribution in [0.15, 0.2) is 41.5 Å². The second-order valence-electron chi connectivity index (χ2n) is 25.9. The molecular weight excluding hydrogens is 1030 g/mol. The van der Waals surface area contributed by atoms with E-state index in [4.69, 9.17) is 37.3 Å². The number of aliphatic hydroxyl groups is 1. The molecule has 0 aromatic heterocycles. The van der Waals surface area contributed by atoms with Crippen LogP contribution in [0.2, 0.25) is 34.8 Å². The van der Waals surface area contributed by atoms with Crippen LogP contribution in [0, 0.1) is 22.7 Å². The van der Waals surface area contributed by atoms with Crippen molar-refractivity contribution in [2.75, 3.05) is 6.61 Å². The highest BCUT2D eigenvalue weighted by Gasteiger charge is 2.79. The van der Waals surface area contributed by atoms with Crippen molar-refractivity contribution in [2.45, 2.75) is 264 Å². The lowest BCUT2D eigenvalue weighted by Crippen LogP contribution is -2.82. The maximum absolute atomic E-state index is 16.7. The molecule has 4 fully saturated rings. The van der Waals surface area contributed by atoms with Crippen LogP contribution in [0.1, 0.15) is 181 Å². The van der Waals surface area contributed by atoms with Crippen molar-refractivity contribution in [1.29, 1.82) is 0 Å². The summed E-state index contributed by atoms with van der Waals surface area (Å²) in [6, 6.07) is 9.97. The van der Waals surface area contributed by atoms with E-state index in [1.165, 1.54) is 13.8 Å². The third-order valence-electron chi connectivity index (χ3n) is 19.1.